The van der Waals surface area contributed by atoms with Crippen molar-refractivity contribution in [1.82, 2.24) is 4.90 Å². The molecule has 0 aliphatic heterocycles. The lowest BCUT2D eigenvalue weighted by atomic mass is 10.2. The highest BCUT2D eigenvalue weighted by molar-refractivity contribution is 5.72. The third-order valence-electron chi connectivity index (χ3n) is 3.21. The molecular formula is C18H31N3. The van der Waals surface area contributed by atoms with Crippen LogP contribution in [-0.2, 0) is 0 Å². The molecule has 0 aliphatic carbocycles. The first-order valence-corrected chi connectivity index (χ1v) is 7.74. The molecule has 0 saturated heterocycles. The van der Waals surface area contributed by atoms with E-state index < -0.39 is 0 Å². The highest BCUT2D eigenvalue weighted by atomic mass is 15.1. The Kier molecular flexibility index (Phi) is 11.0. The second-order valence-corrected chi connectivity index (χ2v) is 5.03. The first-order valence-electron chi connectivity index (χ1n) is 7.74. The minimum atomic E-state index is 0.818. The lowest BCUT2D eigenvalue weighted by molar-refractivity contribution is 0.346. The normalized spacial score (nSPS) is 12.7. The topological polar surface area (TPSA) is 41.6 Å². The Bertz CT molecular complexity index is 403. The average Bonchev–Trinajstić information content (AvgIpc) is 2.46. The van der Waals surface area contributed by atoms with Gasteiger partial charge in [-0.3, -0.25) is 4.99 Å². The predicted octanol–water partition coefficient (Wildman–Crippen LogP) is 4.06. The Morgan fingerprint density at radius 3 is 2.48 bits per heavy atom. The molecule has 0 aromatic rings. The molecule has 0 saturated carbocycles. The molecule has 0 aromatic heterocycles. The standard InChI is InChI=1S/C18H31N3/c1-6-13-21(18(15-19)16(4)5)14-9-11-20-12-10-17(7-2)8-3/h7,10,12,15H,2,4,6,8-9,11,13-14,19H2,1,3,5H3/b17-10+,18-15-,20-12+. The molecule has 3 heteroatoms. The molecule has 0 heterocycles. The van der Waals surface area contributed by atoms with Crippen molar-refractivity contribution in [3.8, 4) is 0 Å². The minimum Gasteiger partial charge on any atom is -0.403 e. The predicted molar refractivity (Wildman–Crippen MR) is 95.5 cm³/mol. The van der Waals surface area contributed by atoms with Crippen LogP contribution in [0.25, 0.3) is 0 Å². The number of nitrogens with zero attached hydrogens (tertiary/aromatic N) is 2. The fourth-order valence-corrected chi connectivity index (χ4v) is 2.05. The van der Waals surface area contributed by atoms with E-state index in [-0.39, 0.29) is 0 Å². The van der Waals surface area contributed by atoms with E-state index in [9.17, 15) is 0 Å². The smallest absolute Gasteiger partial charge is 0.0547 e. The summed E-state index contributed by atoms with van der Waals surface area (Å²) in [5.74, 6) is 0. The number of allylic oxidation sites excluding steroid dienone is 4. The van der Waals surface area contributed by atoms with E-state index in [1.165, 1.54) is 5.57 Å². The van der Waals surface area contributed by atoms with E-state index in [1.54, 1.807) is 6.20 Å². The molecule has 0 atom stereocenters. The summed E-state index contributed by atoms with van der Waals surface area (Å²) in [6.07, 6.45) is 10.5. The molecule has 0 unspecified atom stereocenters. The summed E-state index contributed by atoms with van der Waals surface area (Å²) in [6, 6.07) is 0. The second kappa shape index (κ2) is 12.0. The molecule has 0 amide bonds. The summed E-state index contributed by atoms with van der Waals surface area (Å²) in [4.78, 5) is 6.71. The lowest BCUT2D eigenvalue weighted by Gasteiger charge is -2.26. The van der Waals surface area contributed by atoms with Gasteiger partial charge in [-0.05, 0) is 43.4 Å². The van der Waals surface area contributed by atoms with Crippen molar-refractivity contribution in [1.29, 1.82) is 0 Å². The largest absolute Gasteiger partial charge is 0.403 e. The lowest BCUT2D eigenvalue weighted by Crippen LogP contribution is -2.27. The molecule has 0 radical (unpaired) electrons. The van der Waals surface area contributed by atoms with Crippen molar-refractivity contribution in [2.75, 3.05) is 19.6 Å². The van der Waals surface area contributed by atoms with E-state index in [0.717, 1.165) is 50.2 Å². The summed E-state index contributed by atoms with van der Waals surface area (Å²) in [5, 5.41) is 0. The van der Waals surface area contributed by atoms with Gasteiger partial charge in [0.15, 0.2) is 0 Å². The maximum Gasteiger partial charge on any atom is 0.0547 e. The van der Waals surface area contributed by atoms with Crippen LogP contribution in [0.1, 0.15) is 40.0 Å². The van der Waals surface area contributed by atoms with Crippen LogP contribution < -0.4 is 5.73 Å². The van der Waals surface area contributed by atoms with E-state index >= 15 is 0 Å². The number of rotatable bonds is 11. The maximum atomic E-state index is 5.71. The van der Waals surface area contributed by atoms with Crippen molar-refractivity contribution >= 4 is 6.21 Å². The van der Waals surface area contributed by atoms with Crippen LogP contribution in [-0.4, -0.2) is 30.7 Å². The highest BCUT2D eigenvalue weighted by Gasteiger charge is 2.08. The summed E-state index contributed by atoms with van der Waals surface area (Å²) in [7, 11) is 0. The van der Waals surface area contributed by atoms with Crippen LogP contribution in [0.4, 0.5) is 0 Å². The molecule has 0 bridgehead atoms. The van der Waals surface area contributed by atoms with Gasteiger partial charge in [0.2, 0.25) is 0 Å². The Balaban J connectivity index is 4.33. The maximum absolute atomic E-state index is 5.71. The van der Waals surface area contributed by atoms with Crippen molar-refractivity contribution in [2.24, 2.45) is 10.7 Å². The van der Waals surface area contributed by atoms with Crippen molar-refractivity contribution < 1.29 is 0 Å². The van der Waals surface area contributed by atoms with Gasteiger partial charge in [0.1, 0.15) is 0 Å². The first kappa shape index (κ1) is 19.2. The molecule has 3 nitrogen and oxygen atoms in total. The van der Waals surface area contributed by atoms with E-state index in [0.29, 0.717) is 0 Å². The first-order chi connectivity index (χ1) is 10.1. The molecule has 21 heavy (non-hydrogen) atoms. The Hall–Kier alpha value is -1.77. The van der Waals surface area contributed by atoms with E-state index in [1.807, 2.05) is 25.3 Å². The van der Waals surface area contributed by atoms with Crippen LogP contribution >= 0.6 is 0 Å². The second-order valence-electron chi connectivity index (χ2n) is 5.03. The quantitative estimate of drug-likeness (QED) is 0.354. The summed E-state index contributed by atoms with van der Waals surface area (Å²) in [6.45, 7) is 16.8. The van der Waals surface area contributed by atoms with Gasteiger partial charge in [-0.15, -0.1) is 0 Å². The van der Waals surface area contributed by atoms with Gasteiger partial charge >= 0.3 is 0 Å². The Morgan fingerprint density at radius 1 is 1.29 bits per heavy atom. The molecule has 118 valence electrons. The zero-order valence-electron chi connectivity index (χ0n) is 13.9. The van der Waals surface area contributed by atoms with E-state index in [2.05, 4.69) is 36.9 Å². The zero-order chi connectivity index (χ0) is 16.1. The molecule has 0 aromatic carbocycles. The number of hydrogen-bond acceptors (Lipinski definition) is 3. The van der Waals surface area contributed by atoms with Crippen LogP contribution in [0, 0.1) is 0 Å². The fourth-order valence-electron chi connectivity index (χ4n) is 2.05. The highest BCUT2D eigenvalue weighted by Crippen LogP contribution is 2.13. The molecule has 0 rings (SSSR count). The van der Waals surface area contributed by atoms with Gasteiger partial charge in [-0.25, -0.2) is 0 Å². The molecule has 0 spiro atoms. The SMILES string of the molecule is C=C/C(=C\C=N\CCCN(CCC)/C(=C\N)C(=C)C)CC. The summed E-state index contributed by atoms with van der Waals surface area (Å²) >= 11 is 0. The molecule has 2 N–H and O–H groups in total. The van der Waals surface area contributed by atoms with E-state index in [4.69, 9.17) is 5.73 Å². The number of hydrogen-bond donors (Lipinski definition) is 1. The van der Waals surface area contributed by atoms with Crippen LogP contribution in [0.3, 0.4) is 0 Å². The summed E-state index contributed by atoms with van der Waals surface area (Å²) < 4.78 is 0. The summed E-state index contributed by atoms with van der Waals surface area (Å²) in [5.41, 5.74) is 8.97. The van der Waals surface area contributed by atoms with Gasteiger partial charge in [-0.1, -0.05) is 33.1 Å². The third-order valence-corrected chi connectivity index (χ3v) is 3.21. The Labute approximate surface area is 130 Å². The van der Waals surface area contributed by atoms with Crippen LogP contribution in [0.5, 0.6) is 0 Å². The molecule has 0 aliphatic rings. The van der Waals surface area contributed by atoms with Crippen molar-refractivity contribution in [2.45, 2.75) is 40.0 Å². The van der Waals surface area contributed by atoms with Crippen LogP contribution in [0.2, 0.25) is 0 Å². The van der Waals surface area contributed by atoms with Gasteiger partial charge < -0.3 is 10.6 Å². The van der Waals surface area contributed by atoms with Crippen molar-refractivity contribution in [3.63, 3.8) is 0 Å². The van der Waals surface area contributed by atoms with Gasteiger partial charge in [-0.2, -0.15) is 0 Å². The fraction of sp³-hybridized carbons (Fsp3) is 0.500. The van der Waals surface area contributed by atoms with Gasteiger partial charge in [0, 0.05) is 32.0 Å². The number of aliphatic imine (C=N–C) groups is 1. The molecule has 0 fully saturated rings. The Morgan fingerprint density at radius 2 is 2.00 bits per heavy atom. The molecular weight excluding hydrogens is 258 g/mol. The van der Waals surface area contributed by atoms with Crippen LogP contribution in [0.15, 0.2) is 53.3 Å². The van der Waals surface area contributed by atoms with Crippen molar-refractivity contribution in [3.05, 3.63) is 48.4 Å². The monoisotopic (exact) mass is 289 g/mol. The third kappa shape index (κ3) is 8.18. The minimum absolute atomic E-state index is 0.818. The zero-order valence-corrected chi connectivity index (χ0v) is 13.9. The average molecular weight is 289 g/mol. The number of nitrogens with two attached hydrogens (primary N) is 1. The van der Waals surface area contributed by atoms with Gasteiger partial charge in [0.25, 0.3) is 0 Å². The van der Waals surface area contributed by atoms with Gasteiger partial charge in [0.05, 0.1) is 5.70 Å².